The molecule has 5 heteroatoms. The average molecular weight is 371 g/mol. The van der Waals surface area contributed by atoms with E-state index < -0.39 is 0 Å². The van der Waals surface area contributed by atoms with E-state index in [4.69, 9.17) is 16.3 Å². The van der Waals surface area contributed by atoms with E-state index in [1.54, 1.807) is 13.2 Å². The van der Waals surface area contributed by atoms with Crippen LogP contribution in [0.4, 0.5) is 4.39 Å². The molecule has 1 atom stereocenters. The Kier molecular flexibility index (Phi) is 5.86. The Bertz CT molecular complexity index is 901. The van der Waals surface area contributed by atoms with Gasteiger partial charge in [0.15, 0.2) is 0 Å². The van der Waals surface area contributed by atoms with Crippen molar-refractivity contribution in [3.63, 3.8) is 0 Å². The number of halogens is 2. The van der Waals surface area contributed by atoms with E-state index in [1.807, 2.05) is 42.5 Å². The fourth-order valence-electron chi connectivity index (χ4n) is 2.74. The van der Waals surface area contributed by atoms with Gasteiger partial charge in [0.25, 0.3) is 0 Å². The van der Waals surface area contributed by atoms with Crippen molar-refractivity contribution in [1.29, 1.82) is 0 Å². The molecule has 0 aliphatic heterocycles. The Labute approximate surface area is 157 Å². The van der Waals surface area contributed by atoms with Crippen LogP contribution in [0, 0.1) is 5.82 Å². The van der Waals surface area contributed by atoms with Crippen molar-refractivity contribution in [2.45, 2.75) is 19.5 Å². The van der Waals surface area contributed by atoms with Crippen LogP contribution in [0.1, 0.15) is 24.2 Å². The molecule has 0 fully saturated rings. The maximum absolute atomic E-state index is 13.6. The number of hydrogen-bond donors (Lipinski definition) is 1. The van der Waals surface area contributed by atoms with Gasteiger partial charge < -0.3 is 10.1 Å². The number of methoxy groups -OCH3 is 1. The second-order valence-corrected chi connectivity index (χ2v) is 6.46. The molecule has 1 N–H and O–H groups in total. The third-order valence-corrected chi connectivity index (χ3v) is 4.41. The molecule has 0 spiro atoms. The summed E-state index contributed by atoms with van der Waals surface area (Å²) in [6.07, 6.45) is 0. The molecule has 3 rings (SSSR count). The van der Waals surface area contributed by atoms with Crippen molar-refractivity contribution >= 4 is 11.6 Å². The van der Waals surface area contributed by atoms with E-state index in [9.17, 15) is 4.39 Å². The maximum atomic E-state index is 13.6. The molecule has 0 unspecified atom stereocenters. The Morgan fingerprint density at radius 1 is 1.12 bits per heavy atom. The molecule has 1 heterocycles. The first kappa shape index (κ1) is 18.4. The van der Waals surface area contributed by atoms with Gasteiger partial charge >= 0.3 is 0 Å². The van der Waals surface area contributed by atoms with Crippen molar-refractivity contribution in [1.82, 2.24) is 10.3 Å². The topological polar surface area (TPSA) is 34.1 Å². The molecule has 0 amide bonds. The van der Waals surface area contributed by atoms with Crippen molar-refractivity contribution in [2.75, 3.05) is 7.11 Å². The lowest BCUT2D eigenvalue weighted by Crippen LogP contribution is -2.19. The first-order valence-electron chi connectivity index (χ1n) is 8.35. The van der Waals surface area contributed by atoms with Crippen LogP contribution >= 0.6 is 11.6 Å². The summed E-state index contributed by atoms with van der Waals surface area (Å²) in [6.45, 7) is 2.64. The minimum Gasteiger partial charge on any atom is -0.494 e. The van der Waals surface area contributed by atoms with Crippen LogP contribution in [0.3, 0.4) is 0 Å². The lowest BCUT2D eigenvalue weighted by Gasteiger charge is -2.15. The van der Waals surface area contributed by atoms with Gasteiger partial charge in [0.2, 0.25) is 0 Å². The summed E-state index contributed by atoms with van der Waals surface area (Å²) in [6, 6.07) is 18.0. The van der Waals surface area contributed by atoms with Gasteiger partial charge in [-0.3, -0.25) is 0 Å². The third-order valence-electron chi connectivity index (χ3n) is 4.17. The van der Waals surface area contributed by atoms with Gasteiger partial charge in [0, 0.05) is 23.2 Å². The SMILES string of the molecule is COc1ccc(CN[C@H](C)c2cccc(Cl)c2)nc1-c1cccc(F)c1. The van der Waals surface area contributed by atoms with Crippen LogP contribution in [0.5, 0.6) is 5.75 Å². The Balaban J connectivity index is 1.79. The molecular formula is C21H20ClFN2O. The summed E-state index contributed by atoms with van der Waals surface area (Å²) in [5, 5.41) is 4.15. The molecule has 0 aliphatic rings. The molecule has 0 saturated heterocycles. The predicted octanol–water partition coefficient (Wildman–Crippen LogP) is 5.40. The number of rotatable bonds is 6. The van der Waals surface area contributed by atoms with Gasteiger partial charge in [-0.25, -0.2) is 9.37 Å². The normalized spacial score (nSPS) is 12.0. The monoisotopic (exact) mass is 370 g/mol. The number of benzene rings is 2. The van der Waals surface area contributed by atoms with Crippen molar-refractivity contribution in [3.8, 4) is 17.0 Å². The Morgan fingerprint density at radius 3 is 2.65 bits per heavy atom. The maximum Gasteiger partial charge on any atom is 0.145 e. The molecule has 134 valence electrons. The van der Waals surface area contributed by atoms with Gasteiger partial charge in [-0.1, -0.05) is 35.9 Å². The molecule has 26 heavy (non-hydrogen) atoms. The summed E-state index contributed by atoms with van der Waals surface area (Å²) in [5.41, 5.74) is 3.27. The summed E-state index contributed by atoms with van der Waals surface area (Å²) in [4.78, 5) is 4.66. The quantitative estimate of drug-likeness (QED) is 0.630. The van der Waals surface area contributed by atoms with Gasteiger partial charge in [0.1, 0.15) is 17.3 Å². The number of ether oxygens (including phenoxy) is 1. The molecule has 1 aromatic heterocycles. The van der Waals surface area contributed by atoms with Crippen LogP contribution < -0.4 is 10.1 Å². The molecule has 2 aromatic carbocycles. The van der Waals surface area contributed by atoms with Gasteiger partial charge in [0.05, 0.1) is 12.8 Å². The number of pyridine rings is 1. The van der Waals surface area contributed by atoms with Crippen LogP contribution in [0.2, 0.25) is 5.02 Å². The third kappa shape index (κ3) is 4.40. The predicted molar refractivity (Wildman–Crippen MR) is 103 cm³/mol. The molecule has 0 aliphatic carbocycles. The Hall–Kier alpha value is -2.43. The highest BCUT2D eigenvalue weighted by atomic mass is 35.5. The molecule has 0 saturated carbocycles. The number of nitrogens with one attached hydrogen (secondary N) is 1. The smallest absolute Gasteiger partial charge is 0.145 e. The largest absolute Gasteiger partial charge is 0.494 e. The van der Waals surface area contributed by atoms with Crippen LogP contribution in [0.25, 0.3) is 11.3 Å². The minimum atomic E-state index is -0.301. The number of nitrogens with zero attached hydrogens (tertiary/aromatic N) is 1. The van der Waals surface area contributed by atoms with Crippen LogP contribution in [-0.2, 0) is 6.54 Å². The van der Waals surface area contributed by atoms with Gasteiger partial charge in [-0.2, -0.15) is 0 Å². The highest BCUT2D eigenvalue weighted by molar-refractivity contribution is 6.30. The van der Waals surface area contributed by atoms with Gasteiger partial charge in [-0.15, -0.1) is 0 Å². The van der Waals surface area contributed by atoms with Crippen LogP contribution in [-0.4, -0.2) is 12.1 Å². The highest BCUT2D eigenvalue weighted by Crippen LogP contribution is 2.28. The summed E-state index contributed by atoms with van der Waals surface area (Å²) >= 11 is 6.06. The number of hydrogen-bond acceptors (Lipinski definition) is 3. The second-order valence-electron chi connectivity index (χ2n) is 6.02. The van der Waals surface area contributed by atoms with Crippen LogP contribution in [0.15, 0.2) is 60.7 Å². The van der Waals surface area contributed by atoms with E-state index in [2.05, 4.69) is 17.2 Å². The lowest BCUT2D eigenvalue weighted by molar-refractivity contribution is 0.414. The zero-order valence-electron chi connectivity index (χ0n) is 14.7. The molecule has 0 bridgehead atoms. The average Bonchev–Trinajstić information content (AvgIpc) is 2.66. The molecule has 3 aromatic rings. The van der Waals surface area contributed by atoms with E-state index in [0.717, 1.165) is 11.3 Å². The summed E-state index contributed by atoms with van der Waals surface area (Å²) in [5.74, 6) is 0.312. The van der Waals surface area contributed by atoms with Crippen molar-refractivity contribution in [2.24, 2.45) is 0 Å². The Morgan fingerprint density at radius 2 is 1.92 bits per heavy atom. The van der Waals surface area contributed by atoms with E-state index in [1.165, 1.54) is 12.1 Å². The zero-order valence-corrected chi connectivity index (χ0v) is 15.4. The van der Waals surface area contributed by atoms with E-state index in [0.29, 0.717) is 28.6 Å². The summed E-state index contributed by atoms with van der Waals surface area (Å²) < 4.78 is 19.0. The summed E-state index contributed by atoms with van der Waals surface area (Å²) in [7, 11) is 1.58. The molecule has 0 radical (unpaired) electrons. The first-order valence-corrected chi connectivity index (χ1v) is 8.73. The standard InChI is InChI=1S/C21H20ClFN2O/c1-14(15-5-3-7-17(22)11-15)24-13-19-9-10-20(26-2)21(25-19)16-6-4-8-18(23)12-16/h3-12,14,24H,13H2,1-2H3/t14-/m1/s1. The number of aromatic nitrogens is 1. The van der Waals surface area contributed by atoms with E-state index >= 15 is 0 Å². The highest BCUT2D eigenvalue weighted by Gasteiger charge is 2.11. The fraction of sp³-hybridized carbons (Fsp3) is 0.190. The first-order chi connectivity index (χ1) is 12.6. The van der Waals surface area contributed by atoms with Crippen molar-refractivity contribution < 1.29 is 9.13 Å². The molecular weight excluding hydrogens is 351 g/mol. The molecule has 3 nitrogen and oxygen atoms in total. The van der Waals surface area contributed by atoms with E-state index in [-0.39, 0.29) is 11.9 Å². The van der Waals surface area contributed by atoms with Crippen molar-refractivity contribution in [3.05, 3.63) is 82.8 Å². The lowest BCUT2D eigenvalue weighted by atomic mass is 10.1. The minimum absolute atomic E-state index is 0.121. The van der Waals surface area contributed by atoms with Gasteiger partial charge in [-0.05, 0) is 48.9 Å². The second kappa shape index (κ2) is 8.30. The zero-order chi connectivity index (χ0) is 18.5. The fourth-order valence-corrected chi connectivity index (χ4v) is 2.94.